The topological polar surface area (TPSA) is 94.0 Å². The highest BCUT2D eigenvalue weighted by Crippen LogP contribution is 2.27. The second kappa shape index (κ2) is 4.64. The molecule has 6 heteroatoms. The molecule has 6 nitrogen and oxygen atoms in total. The van der Waals surface area contributed by atoms with Gasteiger partial charge in [0.05, 0.1) is 5.39 Å². The Morgan fingerprint density at radius 1 is 1.44 bits per heavy atom. The van der Waals surface area contributed by atoms with Gasteiger partial charge in [0.25, 0.3) is 0 Å². The number of hydrogen-bond donors (Lipinski definition) is 2. The zero-order valence-corrected chi connectivity index (χ0v) is 10.5. The van der Waals surface area contributed by atoms with Crippen LogP contribution in [0.5, 0.6) is 0 Å². The summed E-state index contributed by atoms with van der Waals surface area (Å²) in [6.07, 6.45) is 2.16. The predicted octanol–water partition coefficient (Wildman–Crippen LogP) is 1.50. The van der Waals surface area contributed by atoms with Crippen molar-refractivity contribution in [1.82, 2.24) is 14.5 Å². The number of carbonyl (C=O) groups is 1. The van der Waals surface area contributed by atoms with E-state index in [0.717, 1.165) is 22.3 Å². The Labute approximate surface area is 104 Å². The van der Waals surface area contributed by atoms with Crippen LogP contribution in [0.3, 0.4) is 0 Å². The van der Waals surface area contributed by atoms with E-state index in [-0.39, 0.29) is 6.42 Å². The van der Waals surface area contributed by atoms with Gasteiger partial charge in [-0.3, -0.25) is 4.79 Å². The Morgan fingerprint density at radius 2 is 2.17 bits per heavy atom. The number of hydrogen-bond acceptors (Lipinski definition) is 4. The summed E-state index contributed by atoms with van der Waals surface area (Å²) in [5.41, 5.74) is 8.75. The molecule has 0 unspecified atom stereocenters. The maximum absolute atomic E-state index is 10.5. The maximum atomic E-state index is 10.5. The van der Waals surface area contributed by atoms with Crippen LogP contribution in [0.25, 0.3) is 11.0 Å². The zero-order chi connectivity index (χ0) is 13.3. The van der Waals surface area contributed by atoms with E-state index in [4.69, 9.17) is 10.8 Å². The summed E-state index contributed by atoms with van der Waals surface area (Å²) >= 11 is 0. The van der Waals surface area contributed by atoms with Crippen LogP contribution in [0, 0.1) is 13.8 Å². The molecule has 0 amide bonds. The number of anilines is 1. The average molecular weight is 248 g/mol. The third-order valence-electron chi connectivity index (χ3n) is 3.21. The summed E-state index contributed by atoms with van der Waals surface area (Å²) in [7, 11) is 0. The molecule has 0 radical (unpaired) electrons. The number of carboxylic acids is 1. The SMILES string of the molecule is Cc1c(C)n(CCCC(=O)O)c2ncnc(N)c12. The lowest BCUT2D eigenvalue weighted by Gasteiger charge is -2.06. The molecule has 0 spiro atoms. The van der Waals surface area contributed by atoms with E-state index in [1.54, 1.807) is 0 Å². The minimum atomic E-state index is -0.782. The van der Waals surface area contributed by atoms with Crippen LogP contribution in [0.15, 0.2) is 6.33 Å². The molecule has 0 fully saturated rings. The van der Waals surface area contributed by atoms with Crippen LogP contribution in [0.4, 0.5) is 5.82 Å². The normalized spacial score (nSPS) is 11.0. The van der Waals surface area contributed by atoms with E-state index in [2.05, 4.69) is 9.97 Å². The van der Waals surface area contributed by atoms with Gasteiger partial charge in [-0.1, -0.05) is 0 Å². The van der Waals surface area contributed by atoms with Gasteiger partial charge in [-0.25, -0.2) is 9.97 Å². The monoisotopic (exact) mass is 248 g/mol. The summed E-state index contributed by atoms with van der Waals surface area (Å²) < 4.78 is 2.01. The molecule has 0 bridgehead atoms. The summed E-state index contributed by atoms with van der Waals surface area (Å²) in [5, 5.41) is 9.53. The molecule has 2 heterocycles. The number of aryl methyl sites for hydroxylation is 2. The second-order valence-electron chi connectivity index (χ2n) is 4.32. The molecule has 96 valence electrons. The van der Waals surface area contributed by atoms with E-state index in [0.29, 0.717) is 18.8 Å². The minimum absolute atomic E-state index is 0.152. The van der Waals surface area contributed by atoms with Crippen molar-refractivity contribution in [2.45, 2.75) is 33.2 Å². The lowest BCUT2D eigenvalue weighted by atomic mass is 10.2. The van der Waals surface area contributed by atoms with Crippen molar-refractivity contribution in [2.75, 3.05) is 5.73 Å². The highest BCUT2D eigenvalue weighted by Gasteiger charge is 2.14. The van der Waals surface area contributed by atoms with Crippen LogP contribution in [0.2, 0.25) is 0 Å². The lowest BCUT2D eigenvalue weighted by molar-refractivity contribution is -0.137. The number of aliphatic carboxylic acids is 1. The van der Waals surface area contributed by atoms with E-state index in [1.807, 2.05) is 18.4 Å². The van der Waals surface area contributed by atoms with Crippen molar-refractivity contribution in [1.29, 1.82) is 0 Å². The Kier molecular flexibility index (Phi) is 3.18. The third-order valence-corrected chi connectivity index (χ3v) is 3.21. The first-order valence-electron chi connectivity index (χ1n) is 5.80. The largest absolute Gasteiger partial charge is 0.481 e. The van der Waals surface area contributed by atoms with E-state index >= 15 is 0 Å². The summed E-state index contributed by atoms with van der Waals surface area (Å²) in [6, 6.07) is 0. The highest BCUT2D eigenvalue weighted by molar-refractivity contribution is 5.90. The van der Waals surface area contributed by atoms with E-state index in [1.165, 1.54) is 6.33 Å². The number of rotatable bonds is 4. The first kappa shape index (κ1) is 12.3. The molecular weight excluding hydrogens is 232 g/mol. The summed E-state index contributed by atoms with van der Waals surface area (Å²) in [6.45, 7) is 4.58. The van der Waals surface area contributed by atoms with Gasteiger partial charge >= 0.3 is 5.97 Å². The molecule has 0 aliphatic rings. The van der Waals surface area contributed by atoms with Crippen molar-refractivity contribution >= 4 is 22.8 Å². The van der Waals surface area contributed by atoms with Gasteiger partial charge < -0.3 is 15.4 Å². The van der Waals surface area contributed by atoms with Crippen LogP contribution in [0.1, 0.15) is 24.1 Å². The Balaban J connectivity index is 2.41. The number of nitrogens with zero attached hydrogens (tertiary/aromatic N) is 3. The Bertz CT molecular complexity index is 604. The molecule has 2 aromatic heterocycles. The fourth-order valence-corrected chi connectivity index (χ4v) is 2.16. The molecule has 0 aromatic carbocycles. The van der Waals surface area contributed by atoms with Crippen LogP contribution in [-0.2, 0) is 11.3 Å². The van der Waals surface area contributed by atoms with Gasteiger partial charge in [-0.15, -0.1) is 0 Å². The number of carboxylic acid groups (broad SMARTS) is 1. The van der Waals surface area contributed by atoms with Gasteiger partial charge in [-0.2, -0.15) is 0 Å². The molecule has 3 N–H and O–H groups in total. The predicted molar refractivity (Wildman–Crippen MR) is 68.3 cm³/mol. The fraction of sp³-hybridized carbons (Fsp3) is 0.417. The Morgan fingerprint density at radius 3 is 2.83 bits per heavy atom. The lowest BCUT2D eigenvalue weighted by Crippen LogP contribution is -2.04. The molecular formula is C12H16N4O2. The van der Waals surface area contributed by atoms with Crippen molar-refractivity contribution in [3.05, 3.63) is 17.6 Å². The molecule has 2 aromatic rings. The smallest absolute Gasteiger partial charge is 0.303 e. The van der Waals surface area contributed by atoms with Crippen molar-refractivity contribution in [2.24, 2.45) is 0 Å². The Hall–Kier alpha value is -2.11. The first-order chi connectivity index (χ1) is 8.52. The molecule has 0 atom stereocenters. The van der Waals surface area contributed by atoms with E-state index < -0.39 is 5.97 Å². The standard InChI is InChI=1S/C12H16N4O2/c1-7-8(2)16(5-3-4-9(17)18)12-10(7)11(13)14-6-15-12/h6H,3-5H2,1-2H3,(H,17,18)(H2,13,14,15). The summed E-state index contributed by atoms with van der Waals surface area (Å²) in [5.74, 6) is -0.312. The molecule has 2 rings (SSSR count). The highest BCUT2D eigenvalue weighted by atomic mass is 16.4. The second-order valence-corrected chi connectivity index (χ2v) is 4.32. The number of nitrogen functional groups attached to an aromatic ring is 1. The fourth-order valence-electron chi connectivity index (χ4n) is 2.16. The number of nitrogens with two attached hydrogens (primary N) is 1. The van der Waals surface area contributed by atoms with Crippen LogP contribution < -0.4 is 5.73 Å². The van der Waals surface area contributed by atoms with Crippen molar-refractivity contribution in [3.63, 3.8) is 0 Å². The third kappa shape index (κ3) is 2.01. The first-order valence-corrected chi connectivity index (χ1v) is 5.80. The quantitative estimate of drug-likeness (QED) is 0.855. The zero-order valence-electron chi connectivity index (χ0n) is 10.5. The van der Waals surface area contributed by atoms with Crippen molar-refractivity contribution in [3.8, 4) is 0 Å². The van der Waals surface area contributed by atoms with Crippen molar-refractivity contribution < 1.29 is 9.90 Å². The van der Waals surface area contributed by atoms with Gasteiger partial charge in [-0.05, 0) is 25.8 Å². The molecule has 0 aliphatic carbocycles. The average Bonchev–Trinajstić information content (AvgIpc) is 2.55. The molecule has 0 saturated carbocycles. The van der Waals surface area contributed by atoms with E-state index in [9.17, 15) is 4.79 Å². The van der Waals surface area contributed by atoms with Crippen LogP contribution in [-0.4, -0.2) is 25.6 Å². The summed E-state index contributed by atoms with van der Waals surface area (Å²) in [4.78, 5) is 18.8. The molecule has 18 heavy (non-hydrogen) atoms. The van der Waals surface area contributed by atoms with Gasteiger partial charge in [0.1, 0.15) is 17.8 Å². The molecule has 0 saturated heterocycles. The maximum Gasteiger partial charge on any atom is 0.303 e. The minimum Gasteiger partial charge on any atom is -0.481 e. The van der Waals surface area contributed by atoms with Crippen LogP contribution >= 0.6 is 0 Å². The number of fused-ring (bicyclic) bond motifs is 1. The van der Waals surface area contributed by atoms with Gasteiger partial charge in [0, 0.05) is 18.7 Å². The molecule has 0 aliphatic heterocycles. The number of aromatic nitrogens is 3. The van der Waals surface area contributed by atoms with Gasteiger partial charge in [0.2, 0.25) is 0 Å². The van der Waals surface area contributed by atoms with Gasteiger partial charge in [0.15, 0.2) is 0 Å².